The van der Waals surface area contributed by atoms with Gasteiger partial charge in [-0.15, -0.1) is 0 Å². The molecule has 0 unspecified atom stereocenters. The molecule has 2 saturated heterocycles. The van der Waals surface area contributed by atoms with E-state index in [-0.39, 0.29) is 37.5 Å². The third-order valence-corrected chi connectivity index (χ3v) is 11.1. The highest BCUT2D eigenvalue weighted by Gasteiger charge is 2.35. The molecule has 268 valence electrons. The third kappa shape index (κ3) is 7.47. The van der Waals surface area contributed by atoms with Crippen molar-refractivity contribution in [1.82, 2.24) is 29.7 Å². The van der Waals surface area contributed by atoms with E-state index in [0.717, 1.165) is 91.1 Å². The molecule has 2 aromatic heterocycles. The number of nitrogens with one attached hydrogen (secondary N) is 2. The Bertz CT molecular complexity index is 1930. The Balaban J connectivity index is 0.833. The van der Waals surface area contributed by atoms with Crippen LogP contribution in [0.2, 0.25) is 0 Å². The number of amides is 2. The molecule has 3 fully saturated rings. The molecule has 2 atom stereocenters. The molecule has 2 amide bonds. The van der Waals surface area contributed by atoms with Gasteiger partial charge in [-0.1, -0.05) is 84.9 Å². The molecule has 5 aromatic rings. The zero-order valence-electron chi connectivity index (χ0n) is 29.5. The fraction of sp³-hybridized carbons (Fsp3) is 0.381. The highest BCUT2D eigenvalue weighted by molar-refractivity contribution is 5.69. The molecule has 3 aromatic carbocycles. The normalized spacial score (nSPS) is 21.7. The maximum atomic E-state index is 13.0. The van der Waals surface area contributed by atoms with Gasteiger partial charge in [-0.3, -0.25) is 9.80 Å². The van der Waals surface area contributed by atoms with E-state index in [1.165, 1.54) is 5.56 Å². The lowest BCUT2D eigenvalue weighted by atomic mass is 9.77. The Morgan fingerprint density at radius 3 is 1.81 bits per heavy atom. The van der Waals surface area contributed by atoms with Crippen molar-refractivity contribution < 1.29 is 19.1 Å². The van der Waals surface area contributed by atoms with Crippen LogP contribution in [-0.4, -0.2) is 55.0 Å². The van der Waals surface area contributed by atoms with Crippen LogP contribution in [0.1, 0.15) is 109 Å². The smallest absolute Gasteiger partial charge is 0.410 e. The summed E-state index contributed by atoms with van der Waals surface area (Å²) in [5.41, 5.74) is 6.33. The lowest BCUT2D eigenvalue weighted by molar-refractivity contribution is 0.0905. The number of benzene rings is 3. The number of likely N-dealkylation sites (tertiary alicyclic amines) is 2. The van der Waals surface area contributed by atoms with Crippen molar-refractivity contribution >= 4 is 12.2 Å². The zero-order chi connectivity index (χ0) is 35.3. The van der Waals surface area contributed by atoms with Gasteiger partial charge in [0.1, 0.15) is 24.9 Å². The summed E-state index contributed by atoms with van der Waals surface area (Å²) in [4.78, 5) is 46.3. The van der Waals surface area contributed by atoms with Gasteiger partial charge in [0.05, 0.1) is 23.5 Å². The molecular weight excluding hydrogens is 652 g/mol. The standard InChI is InChI=1S/C42H46N6O4/c49-41(51-27-29-9-3-1-4-10-29)47-23-7-13-37(47)36-26-43-39(46-36)34-21-17-32(18-22-34)31-15-19-33(20-16-31)35-25-44-40(45-35)38-14-8-24-48(38)42(50)52-28-30-11-5-2-6-12-30/h1-6,9-12,17-18,21-22,25-26,31,33,37-38H,7-8,13-16,19-20,23-24,27-28H2,(H,43,46)(H,44,45)/t31?,33?,37-,38-/m1/s1. The lowest BCUT2D eigenvalue weighted by Crippen LogP contribution is -2.31. The number of carbonyl (C=O) groups is 2. The van der Waals surface area contributed by atoms with Crippen LogP contribution in [0.4, 0.5) is 9.59 Å². The summed E-state index contributed by atoms with van der Waals surface area (Å²) in [7, 11) is 0. The summed E-state index contributed by atoms with van der Waals surface area (Å²) in [5.74, 6) is 2.60. The molecule has 3 aliphatic rings. The number of hydrogen-bond acceptors (Lipinski definition) is 6. The maximum absolute atomic E-state index is 13.0. The van der Waals surface area contributed by atoms with E-state index in [1.807, 2.05) is 71.8 Å². The Morgan fingerprint density at radius 1 is 0.615 bits per heavy atom. The Labute approximate surface area is 304 Å². The number of rotatable bonds is 9. The van der Waals surface area contributed by atoms with Crippen molar-refractivity contribution in [2.24, 2.45) is 0 Å². The average molecular weight is 699 g/mol. The maximum Gasteiger partial charge on any atom is 0.410 e. The van der Waals surface area contributed by atoms with Gasteiger partial charge in [-0.2, -0.15) is 0 Å². The highest BCUT2D eigenvalue weighted by atomic mass is 16.6. The van der Waals surface area contributed by atoms with E-state index in [9.17, 15) is 9.59 Å². The minimum absolute atomic E-state index is 0.0735. The second-order valence-corrected chi connectivity index (χ2v) is 14.3. The number of aromatic nitrogens is 4. The second kappa shape index (κ2) is 15.5. The first-order chi connectivity index (χ1) is 25.6. The van der Waals surface area contributed by atoms with E-state index in [2.05, 4.69) is 40.4 Å². The van der Waals surface area contributed by atoms with Crippen molar-refractivity contribution in [3.05, 3.63) is 131 Å². The van der Waals surface area contributed by atoms with Crippen LogP contribution in [0.15, 0.2) is 97.3 Å². The summed E-state index contributed by atoms with van der Waals surface area (Å²) in [6, 6.07) is 28.2. The minimum Gasteiger partial charge on any atom is -0.445 e. The zero-order valence-corrected chi connectivity index (χ0v) is 29.5. The van der Waals surface area contributed by atoms with Gasteiger partial charge in [0, 0.05) is 37.0 Å². The number of aromatic amines is 2. The van der Waals surface area contributed by atoms with Crippen LogP contribution in [0.3, 0.4) is 0 Å². The van der Waals surface area contributed by atoms with Crippen molar-refractivity contribution in [3.8, 4) is 11.4 Å². The topological polar surface area (TPSA) is 116 Å². The van der Waals surface area contributed by atoms with Crippen LogP contribution in [-0.2, 0) is 22.7 Å². The number of carbonyl (C=O) groups excluding carboxylic acids is 2. The van der Waals surface area contributed by atoms with Gasteiger partial charge < -0.3 is 19.4 Å². The highest BCUT2D eigenvalue weighted by Crippen LogP contribution is 2.41. The molecule has 1 saturated carbocycles. The first-order valence-electron chi connectivity index (χ1n) is 18.7. The van der Waals surface area contributed by atoms with Crippen molar-refractivity contribution in [1.29, 1.82) is 0 Å². The molecule has 0 bridgehead atoms. The Morgan fingerprint density at radius 2 is 1.17 bits per heavy atom. The Kier molecular flexibility index (Phi) is 10.0. The van der Waals surface area contributed by atoms with Crippen LogP contribution >= 0.6 is 0 Å². The van der Waals surface area contributed by atoms with Gasteiger partial charge in [0.2, 0.25) is 0 Å². The van der Waals surface area contributed by atoms with E-state index in [0.29, 0.717) is 24.9 Å². The van der Waals surface area contributed by atoms with Crippen LogP contribution < -0.4 is 0 Å². The summed E-state index contributed by atoms with van der Waals surface area (Å²) in [6.07, 6.45) is 11.4. The van der Waals surface area contributed by atoms with E-state index < -0.39 is 0 Å². The minimum atomic E-state index is -0.292. The van der Waals surface area contributed by atoms with Crippen LogP contribution in [0, 0.1) is 0 Å². The molecule has 0 radical (unpaired) electrons. The fourth-order valence-electron chi connectivity index (χ4n) is 8.19. The predicted molar refractivity (Wildman–Crippen MR) is 197 cm³/mol. The van der Waals surface area contributed by atoms with Crippen molar-refractivity contribution in [2.45, 2.75) is 88.5 Å². The predicted octanol–water partition coefficient (Wildman–Crippen LogP) is 9.19. The summed E-state index contributed by atoms with van der Waals surface area (Å²) in [5, 5.41) is 0. The van der Waals surface area contributed by atoms with E-state index >= 15 is 0 Å². The molecular formula is C42H46N6O4. The number of hydrogen-bond donors (Lipinski definition) is 2. The summed E-state index contributed by atoms with van der Waals surface area (Å²) >= 11 is 0. The number of H-pyrrole nitrogens is 2. The number of ether oxygens (including phenoxy) is 2. The number of imidazole rings is 2. The molecule has 10 heteroatoms. The van der Waals surface area contributed by atoms with Gasteiger partial charge >= 0.3 is 12.2 Å². The van der Waals surface area contributed by atoms with Crippen LogP contribution in [0.25, 0.3) is 11.4 Å². The molecule has 10 nitrogen and oxygen atoms in total. The molecule has 0 spiro atoms. The first kappa shape index (κ1) is 33.7. The molecule has 2 aliphatic heterocycles. The SMILES string of the molecule is O=C(OCc1ccccc1)N1CCC[C@@H]1c1c[nH]c(-c2ccc(C3CCC(c4c[nH]c([C@H]5CCCN5C(=O)OCc5ccccc5)n4)CC3)cc2)n1. The van der Waals surface area contributed by atoms with Gasteiger partial charge in [0.15, 0.2) is 0 Å². The molecule has 52 heavy (non-hydrogen) atoms. The monoisotopic (exact) mass is 698 g/mol. The molecule has 2 N–H and O–H groups in total. The van der Waals surface area contributed by atoms with Gasteiger partial charge in [0.25, 0.3) is 0 Å². The largest absolute Gasteiger partial charge is 0.445 e. The van der Waals surface area contributed by atoms with E-state index in [1.54, 1.807) is 4.90 Å². The molecule has 1 aliphatic carbocycles. The quantitative estimate of drug-likeness (QED) is 0.159. The third-order valence-electron chi connectivity index (χ3n) is 11.1. The summed E-state index contributed by atoms with van der Waals surface area (Å²) in [6.45, 7) is 1.90. The first-order valence-corrected chi connectivity index (χ1v) is 18.7. The second-order valence-electron chi connectivity index (χ2n) is 14.3. The Hall–Kier alpha value is -5.38. The van der Waals surface area contributed by atoms with E-state index in [4.69, 9.17) is 19.4 Å². The van der Waals surface area contributed by atoms with Crippen molar-refractivity contribution in [2.75, 3.05) is 13.1 Å². The lowest BCUT2D eigenvalue weighted by Gasteiger charge is -2.28. The molecule has 4 heterocycles. The molecule has 8 rings (SSSR count). The van der Waals surface area contributed by atoms with Crippen LogP contribution in [0.5, 0.6) is 0 Å². The van der Waals surface area contributed by atoms with Crippen molar-refractivity contribution in [3.63, 3.8) is 0 Å². The average Bonchev–Trinajstić information content (AvgIpc) is 4.04. The van der Waals surface area contributed by atoms with Gasteiger partial charge in [-0.25, -0.2) is 19.6 Å². The van der Waals surface area contributed by atoms with Gasteiger partial charge in [-0.05, 0) is 74.0 Å². The number of nitrogens with zero attached hydrogens (tertiary/aromatic N) is 4. The summed E-state index contributed by atoms with van der Waals surface area (Å²) < 4.78 is 11.3. The fourth-order valence-corrected chi connectivity index (χ4v) is 8.19.